The number of ether oxygens (including phenoxy) is 1. The average Bonchev–Trinajstić information content (AvgIpc) is 3.77. The van der Waals surface area contributed by atoms with Gasteiger partial charge in [-0.25, -0.2) is 0 Å². The Bertz CT molecular complexity index is 2900. The first-order valence-electron chi connectivity index (χ1n) is 18.0. The van der Waals surface area contributed by atoms with Gasteiger partial charge in [0.25, 0.3) is 0 Å². The second-order valence-corrected chi connectivity index (χ2v) is 13.9. The Morgan fingerprint density at radius 2 is 0.885 bits per heavy atom. The van der Waals surface area contributed by atoms with Crippen molar-refractivity contribution in [3.63, 3.8) is 0 Å². The van der Waals surface area contributed by atoms with E-state index < -0.39 is 0 Å². The molecule has 0 fully saturated rings. The molecule has 0 saturated heterocycles. The van der Waals surface area contributed by atoms with E-state index in [9.17, 15) is 0 Å². The molecule has 0 N–H and O–H groups in total. The summed E-state index contributed by atoms with van der Waals surface area (Å²) in [5.41, 5.74) is 12.8. The molecule has 0 bridgehead atoms. The normalized spacial score (nSPS) is 16.1. The van der Waals surface area contributed by atoms with Crippen molar-refractivity contribution in [3.05, 3.63) is 188 Å². The molecule has 1 aliphatic heterocycles. The summed E-state index contributed by atoms with van der Waals surface area (Å²) < 4.78 is 12.4. The molecule has 8 aromatic carbocycles. The Hall–Kier alpha value is -6.64. The van der Waals surface area contributed by atoms with Crippen molar-refractivity contribution in [2.75, 3.05) is 0 Å². The number of allylic oxidation sites excluding steroid dienone is 2. The number of furan rings is 1. The van der Waals surface area contributed by atoms with Gasteiger partial charge in [0.1, 0.15) is 23.0 Å². The minimum Gasteiger partial charge on any atom is -0.485 e. The van der Waals surface area contributed by atoms with Crippen molar-refractivity contribution in [1.82, 2.24) is 0 Å². The van der Waals surface area contributed by atoms with Gasteiger partial charge < -0.3 is 9.15 Å². The lowest BCUT2D eigenvalue weighted by molar-refractivity contribution is 0.269. The Kier molecular flexibility index (Phi) is 6.41. The molecule has 0 saturated carbocycles. The van der Waals surface area contributed by atoms with Crippen LogP contribution in [0.3, 0.4) is 0 Å². The topological polar surface area (TPSA) is 22.4 Å². The highest BCUT2D eigenvalue weighted by Crippen LogP contribution is 2.46. The van der Waals surface area contributed by atoms with Gasteiger partial charge in [0, 0.05) is 22.3 Å². The van der Waals surface area contributed by atoms with Crippen molar-refractivity contribution >= 4 is 43.5 Å². The van der Waals surface area contributed by atoms with Gasteiger partial charge in [-0.15, -0.1) is 0 Å². The molecule has 2 nitrogen and oxygen atoms in total. The van der Waals surface area contributed by atoms with Crippen molar-refractivity contribution < 1.29 is 9.15 Å². The highest BCUT2D eigenvalue weighted by atomic mass is 16.5. The first kappa shape index (κ1) is 29.1. The fourth-order valence-electron chi connectivity index (χ4n) is 8.59. The SMILES string of the molecule is C1=CC2Oc3ccc(-c4cccc(-c5c6ccccc6c(-c6cccc(-c7ccc8oc9ccccc9c8c7)c6)c6ccccc56)c4)cc3C2C=C1. The van der Waals surface area contributed by atoms with Crippen molar-refractivity contribution in [2.24, 2.45) is 0 Å². The molecule has 0 amide bonds. The molecule has 0 spiro atoms. The maximum Gasteiger partial charge on any atom is 0.135 e. The van der Waals surface area contributed by atoms with E-state index in [4.69, 9.17) is 9.15 Å². The fourth-order valence-corrected chi connectivity index (χ4v) is 8.59. The quantitative estimate of drug-likeness (QED) is 0.175. The van der Waals surface area contributed by atoms with Crippen LogP contribution in [0.1, 0.15) is 11.5 Å². The first-order chi connectivity index (χ1) is 25.8. The summed E-state index contributed by atoms with van der Waals surface area (Å²) in [6.45, 7) is 0. The van der Waals surface area contributed by atoms with E-state index >= 15 is 0 Å². The number of benzene rings is 8. The lowest BCUT2D eigenvalue weighted by Gasteiger charge is -2.19. The molecule has 2 heteroatoms. The molecule has 0 radical (unpaired) electrons. The average molecular weight is 665 g/mol. The molecule has 9 aromatic rings. The third-order valence-corrected chi connectivity index (χ3v) is 11.0. The predicted octanol–water partition coefficient (Wildman–Crippen LogP) is 13.5. The molecule has 244 valence electrons. The molecule has 1 aliphatic carbocycles. The van der Waals surface area contributed by atoms with Gasteiger partial charge in [-0.05, 0) is 115 Å². The van der Waals surface area contributed by atoms with Gasteiger partial charge in [0.15, 0.2) is 0 Å². The number of fused-ring (bicyclic) bond motifs is 8. The lowest BCUT2D eigenvalue weighted by atomic mass is 9.84. The molecular formula is C50H32O2. The van der Waals surface area contributed by atoms with E-state index in [0.29, 0.717) is 0 Å². The van der Waals surface area contributed by atoms with E-state index in [2.05, 4.69) is 170 Å². The summed E-state index contributed by atoms with van der Waals surface area (Å²) in [7, 11) is 0. The zero-order chi connectivity index (χ0) is 34.2. The van der Waals surface area contributed by atoms with Crippen LogP contribution in [0.5, 0.6) is 5.75 Å². The van der Waals surface area contributed by atoms with Gasteiger partial charge in [-0.1, -0.05) is 133 Å². The molecular weight excluding hydrogens is 633 g/mol. The summed E-state index contributed by atoms with van der Waals surface area (Å²) in [4.78, 5) is 0. The van der Waals surface area contributed by atoms with Gasteiger partial charge in [-0.3, -0.25) is 0 Å². The van der Waals surface area contributed by atoms with Crippen molar-refractivity contribution in [3.8, 4) is 50.3 Å². The van der Waals surface area contributed by atoms with Crippen LogP contribution in [0.2, 0.25) is 0 Å². The van der Waals surface area contributed by atoms with E-state index in [1.54, 1.807) is 0 Å². The Labute approximate surface area is 301 Å². The van der Waals surface area contributed by atoms with Crippen LogP contribution in [0.15, 0.2) is 186 Å². The summed E-state index contributed by atoms with van der Waals surface area (Å²) in [5, 5.41) is 7.26. The van der Waals surface area contributed by atoms with E-state index in [1.165, 1.54) is 71.6 Å². The minimum absolute atomic E-state index is 0.0824. The molecule has 1 aromatic heterocycles. The predicted molar refractivity (Wildman–Crippen MR) is 216 cm³/mol. The molecule has 52 heavy (non-hydrogen) atoms. The number of para-hydroxylation sites is 1. The second kappa shape index (κ2) is 11.4. The summed E-state index contributed by atoms with van der Waals surface area (Å²) in [6.07, 6.45) is 8.70. The van der Waals surface area contributed by atoms with Crippen molar-refractivity contribution in [2.45, 2.75) is 12.0 Å². The monoisotopic (exact) mass is 664 g/mol. The maximum absolute atomic E-state index is 6.26. The number of hydrogen-bond acceptors (Lipinski definition) is 2. The zero-order valence-corrected chi connectivity index (χ0v) is 28.3. The summed E-state index contributed by atoms with van der Waals surface area (Å²) in [5.74, 6) is 1.24. The third kappa shape index (κ3) is 4.51. The van der Waals surface area contributed by atoms with E-state index in [0.717, 1.165) is 27.7 Å². The van der Waals surface area contributed by atoms with E-state index in [1.807, 2.05) is 12.1 Å². The van der Waals surface area contributed by atoms with Crippen LogP contribution in [0, 0.1) is 0 Å². The van der Waals surface area contributed by atoms with Crippen LogP contribution in [0.4, 0.5) is 0 Å². The Morgan fingerprint density at radius 3 is 1.56 bits per heavy atom. The highest BCUT2D eigenvalue weighted by molar-refractivity contribution is 6.21. The number of hydrogen-bond donors (Lipinski definition) is 0. The van der Waals surface area contributed by atoms with Crippen LogP contribution in [-0.4, -0.2) is 6.10 Å². The highest BCUT2D eigenvalue weighted by Gasteiger charge is 2.32. The fraction of sp³-hybridized carbons (Fsp3) is 0.0400. The van der Waals surface area contributed by atoms with Crippen LogP contribution < -0.4 is 4.74 Å². The van der Waals surface area contributed by atoms with Gasteiger partial charge >= 0.3 is 0 Å². The first-order valence-corrected chi connectivity index (χ1v) is 18.0. The van der Waals surface area contributed by atoms with Crippen LogP contribution in [0.25, 0.3) is 88.0 Å². The zero-order valence-electron chi connectivity index (χ0n) is 28.3. The minimum atomic E-state index is 0.0824. The van der Waals surface area contributed by atoms with Gasteiger partial charge in [0.2, 0.25) is 0 Å². The second-order valence-electron chi connectivity index (χ2n) is 13.9. The lowest BCUT2D eigenvalue weighted by Crippen LogP contribution is -2.15. The smallest absolute Gasteiger partial charge is 0.135 e. The summed E-state index contributed by atoms with van der Waals surface area (Å²) in [6, 6.07) is 57.3. The molecule has 11 rings (SSSR count). The van der Waals surface area contributed by atoms with Crippen LogP contribution in [-0.2, 0) is 0 Å². The molecule has 2 unspecified atom stereocenters. The third-order valence-electron chi connectivity index (χ3n) is 11.0. The van der Waals surface area contributed by atoms with E-state index in [-0.39, 0.29) is 12.0 Å². The maximum atomic E-state index is 6.26. The van der Waals surface area contributed by atoms with Crippen LogP contribution >= 0.6 is 0 Å². The molecule has 2 aliphatic rings. The van der Waals surface area contributed by atoms with Gasteiger partial charge in [-0.2, -0.15) is 0 Å². The van der Waals surface area contributed by atoms with Crippen molar-refractivity contribution in [1.29, 1.82) is 0 Å². The molecule has 2 heterocycles. The molecule has 2 atom stereocenters. The number of rotatable bonds is 4. The Balaban J connectivity index is 1.06. The Morgan fingerprint density at radius 1 is 0.365 bits per heavy atom. The standard InChI is InChI=1S/C50H32O2/c1-2-18-40-39(17-1)49(35-13-9-11-31(27-35)33-23-25-47-43(29-33)37-15-5-7-21-45(37)51-47)41-19-3-4-20-42(41)50(40)36-14-10-12-32(28-36)34-24-26-48-44(30-34)38-16-6-8-22-46(38)52-48/h1-30,37,45H. The largest absolute Gasteiger partial charge is 0.485 e. The summed E-state index contributed by atoms with van der Waals surface area (Å²) >= 11 is 0. The van der Waals surface area contributed by atoms with Gasteiger partial charge in [0.05, 0.1) is 0 Å².